The van der Waals surface area contributed by atoms with Crippen LogP contribution in [0.3, 0.4) is 0 Å². The Morgan fingerprint density at radius 3 is 2.08 bits per heavy atom. The number of rotatable bonds is 7. The van der Waals surface area contributed by atoms with Crippen molar-refractivity contribution in [2.24, 2.45) is 0 Å². The van der Waals surface area contributed by atoms with Gasteiger partial charge in [0.25, 0.3) is 0 Å². The van der Waals surface area contributed by atoms with E-state index in [0.717, 1.165) is 52.0 Å². The number of hydrogen-bond donors (Lipinski definition) is 2. The zero-order valence-electron chi connectivity index (χ0n) is 20.8. The SMILES string of the molecule is Cc1cc(N2CCCC2)cc(C)c1CC(NC(=O)OCC1c2ccccc2-c2ccccc21)C(=O)O. The van der Waals surface area contributed by atoms with Gasteiger partial charge >= 0.3 is 12.1 Å². The molecule has 0 saturated carbocycles. The highest BCUT2D eigenvalue weighted by Crippen LogP contribution is 2.44. The fourth-order valence-corrected chi connectivity index (χ4v) is 5.64. The molecule has 1 aliphatic heterocycles. The van der Waals surface area contributed by atoms with Crippen LogP contribution in [0.2, 0.25) is 0 Å². The topological polar surface area (TPSA) is 78.9 Å². The number of fused-ring (bicyclic) bond motifs is 3. The average Bonchev–Trinajstić information content (AvgIpc) is 3.51. The van der Waals surface area contributed by atoms with Crippen LogP contribution >= 0.6 is 0 Å². The first kappa shape index (κ1) is 23.9. The molecule has 6 heteroatoms. The second kappa shape index (κ2) is 10.1. The Hall–Kier alpha value is -3.80. The Kier molecular flexibility index (Phi) is 6.68. The summed E-state index contributed by atoms with van der Waals surface area (Å²) in [5.41, 5.74) is 8.74. The van der Waals surface area contributed by atoms with Crippen molar-refractivity contribution in [3.8, 4) is 11.1 Å². The number of hydrogen-bond acceptors (Lipinski definition) is 4. The number of nitrogens with zero attached hydrogens (tertiary/aromatic N) is 1. The third kappa shape index (κ3) is 4.68. The highest BCUT2D eigenvalue weighted by Gasteiger charge is 2.30. The number of aliphatic carboxylic acids is 1. The summed E-state index contributed by atoms with van der Waals surface area (Å²) >= 11 is 0. The van der Waals surface area contributed by atoms with Crippen molar-refractivity contribution in [1.29, 1.82) is 0 Å². The molecule has 1 saturated heterocycles. The fourth-order valence-electron chi connectivity index (χ4n) is 5.64. The highest BCUT2D eigenvalue weighted by molar-refractivity contribution is 5.81. The summed E-state index contributed by atoms with van der Waals surface area (Å²) in [5.74, 6) is -1.15. The molecule has 6 nitrogen and oxygen atoms in total. The molecule has 0 aromatic heterocycles. The predicted octanol–water partition coefficient (Wildman–Crippen LogP) is 5.44. The number of anilines is 1. The zero-order valence-corrected chi connectivity index (χ0v) is 20.8. The first-order chi connectivity index (χ1) is 17.4. The van der Waals surface area contributed by atoms with Gasteiger partial charge in [0.1, 0.15) is 12.6 Å². The number of alkyl carbamates (subject to hydrolysis) is 1. The molecule has 1 amide bonds. The normalized spacial score (nSPS) is 15.3. The van der Waals surface area contributed by atoms with Gasteiger partial charge in [-0.05, 0) is 77.8 Å². The molecule has 0 spiro atoms. The summed E-state index contributed by atoms with van der Waals surface area (Å²) in [6.45, 7) is 6.27. The van der Waals surface area contributed by atoms with Gasteiger partial charge in [-0.3, -0.25) is 0 Å². The monoisotopic (exact) mass is 484 g/mol. The molecule has 1 atom stereocenters. The maximum atomic E-state index is 12.7. The van der Waals surface area contributed by atoms with Crippen LogP contribution in [0.1, 0.15) is 46.6 Å². The van der Waals surface area contributed by atoms with Gasteiger partial charge in [0, 0.05) is 31.1 Å². The first-order valence-electron chi connectivity index (χ1n) is 12.6. The second-order valence-electron chi connectivity index (χ2n) is 9.82. The Morgan fingerprint density at radius 2 is 1.53 bits per heavy atom. The van der Waals surface area contributed by atoms with Gasteiger partial charge in [-0.1, -0.05) is 48.5 Å². The second-order valence-corrected chi connectivity index (χ2v) is 9.82. The van der Waals surface area contributed by atoms with Crippen LogP contribution in [0.15, 0.2) is 60.7 Å². The van der Waals surface area contributed by atoms with Gasteiger partial charge in [0.2, 0.25) is 0 Å². The first-order valence-corrected chi connectivity index (χ1v) is 12.6. The summed E-state index contributed by atoms with van der Waals surface area (Å²) in [6, 6.07) is 19.4. The van der Waals surface area contributed by atoms with Gasteiger partial charge in [-0.2, -0.15) is 0 Å². The van der Waals surface area contributed by atoms with Crippen LogP contribution in [0.5, 0.6) is 0 Å². The molecule has 0 bridgehead atoms. The van der Waals surface area contributed by atoms with E-state index in [1.807, 2.05) is 38.1 Å². The van der Waals surface area contributed by atoms with E-state index >= 15 is 0 Å². The molecule has 3 aromatic carbocycles. The fraction of sp³-hybridized carbons (Fsp3) is 0.333. The minimum Gasteiger partial charge on any atom is -0.480 e. The number of carboxylic acid groups (broad SMARTS) is 1. The van der Waals surface area contributed by atoms with Gasteiger partial charge < -0.3 is 20.1 Å². The van der Waals surface area contributed by atoms with Gasteiger partial charge in [-0.15, -0.1) is 0 Å². The number of carbonyl (C=O) groups is 2. The van der Waals surface area contributed by atoms with Crippen LogP contribution in [0.25, 0.3) is 11.1 Å². The maximum Gasteiger partial charge on any atom is 0.407 e. The molecular weight excluding hydrogens is 452 g/mol. The highest BCUT2D eigenvalue weighted by atomic mass is 16.5. The van der Waals surface area contributed by atoms with E-state index in [-0.39, 0.29) is 18.9 Å². The van der Waals surface area contributed by atoms with E-state index in [1.165, 1.54) is 18.5 Å². The zero-order chi connectivity index (χ0) is 25.2. The van der Waals surface area contributed by atoms with Crippen LogP contribution in [0, 0.1) is 13.8 Å². The van der Waals surface area contributed by atoms with Crippen molar-refractivity contribution in [2.45, 2.75) is 45.1 Å². The van der Waals surface area contributed by atoms with Crippen LogP contribution in [-0.4, -0.2) is 42.9 Å². The lowest BCUT2D eigenvalue weighted by atomic mass is 9.95. The van der Waals surface area contributed by atoms with Crippen molar-refractivity contribution < 1.29 is 19.4 Å². The summed E-state index contributed by atoms with van der Waals surface area (Å²) in [7, 11) is 0. The van der Waals surface area contributed by atoms with Crippen molar-refractivity contribution in [1.82, 2.24) is 5.32 Å². The van der Waals surface area contributed by atoms with E-state index in [1.54, 1.807) is 0 Å². The van der Waals surface area contributed by atoms with Gasteiger partial charge in [0.15, 0.2) is 0 Å². The quantitative estimate of drug-likeness (QED) is 0.467. The van der Waals surface area contributed by atoms with E-state index in [0.29, 0.717) is 0 Å². The third-order valence-electron chi connectivity index (χ3n) is 7.49. The lowest BCUT2D eigenvalue weighted by molar-refractivity contribution is -0.139. The number of aryl methyl sites for hydroxylation is 2. The number of carboxylic acids is 1. The molecule has 1 aliphatic carbocycles. The number of ether oxygens (including phenoxy) is 1. The Bertz CT molecular complexity index is 1230. The average molecular weight is 485 g/mol. The van der Waals surface area contributed by atoms with E-state index < -0.39 is 18.1 Å². The Labute approximate surface area is 211 Å². The summed E-state index contributed by atoms with van der Waals surface area (Å²) < 4.78 is 5.59. The Balaban J connectivity index is 1.26. The predicted molar refractivity (Wildman–Crippen MR) is 141 cm³/mol. The molecule has 5 rings (SSSR count). The molecule has 36 heavy (non-hydrogen) atoms. The van der Waals surface area contributed by atoms with E-state index in [2.05, 4.69) is 46.6 Å². The molecule has 1 unspecified atom stereocenters. The lowest BCUT2D eigenvalue weighted by Gasteiger charge is -2.23. The Morgan fingerprint density at radius 1 is 0.972 bits per heavy atom. The van der Waals surface area contributed by atoms with Crippen molar-refractivity contribution in [3.05, 3.63) is 88.5 Å². The van der Waals surface area contributed by atoms with E-state index in [4.69, 9.17) is 4.74 Å². The smallest absolute Gasteiger partial charge is 0.407 e. The number of amides is 1. The molecule has 1 heterocycles. The molecule has 186 valence electrons. The molecule has 0 radical (unpaired) electrons. The standard InChI is InChI=1S/C30H32N2O4/c1-19-15-21(32-13-7-8-14-32)16-20(2)26(19)17-28(29(33)34)31-30(35)36-18-27-24-11-5-3-9-22(24)23-10-4-6-12-25(23)27/h3-6,9-12,15-16,27-28H,7-8,13-14,17-18H2,1-2H3,(H,31,35)(H,33,34). The number of nitrogens with one attached hydrogen (secondary N) is 1. The largest absolute Gasteiger partial charge is 0.480 e. The molecule has 1 fully saturated rings. The minimum absolute atomic E-state index is 0.0750. The molecule has 3 aromatic rings. The molecule has 2 N–H and O–H groups in total. The van der Waals surface area contributed by atoms with Crippen LogP contribution in [-0.2, 0) is 16.0 Å². The number of benzene rings is 3. The number of carbonyl (C=O) groups excluding carboxylic acids is 1. The van der Waals surface area contributed by atoms with E-state index in [9.17, 15) is 14.7 Å². The summed E-state index contributed by atoms with van der Waals surface area (Å²) in [5, 5.41) is 12.4. The van der Waals surface area contributed by atoms with Crippen LogP contribution in [0.4, 0.5) is 10.5 Å². The van der Waals surface area contributed by atoms with Crippen molar-refractivity contribution in [3.63, 3.8) is 0 Å². The van der Waals surface area contributed by atoms with Gasteiger partial charge in [0.05, 0.1) is 0 Å². The summed E-state index contributed by atoms with van der Waals surface area (Å²) in [6.07, 6.45) is 1.89. The van der Waals surface area contributed by atoms with Crippen molar-refractivity contribution in [2.75, 3.05) is 24.6 Å². The third-order valence-corrected chi connectivity index (χ3v) is 7.49. The minimum atomic E-state index is -1.08. The maximum absolute atomic E-state index is 12.7. The van der Waals surface area contributed by atoms with Gasteiger partial charge in [-0.25, -0.2) is 9.59 Å². The summed E-state index contributed by atoms with van der Waals surface area (Å²) in [4.78, 5) is 27.1. The van der Waals surface area contributed by atoms with Crippen LogP contribution < -0.4 is 10.2 Å². The van der Waals surface area contributed by atoms with Crippen molar-refractivity contribution >= 4 is 17.7 Å². The molecule has 2 aliphatic rings. The lowest BCUT2D eigenvalue weighted by Crippen LogP contribution is -2.43. The molecular formula is C30H32N2O4.